The highest BCUT2D eigenvalue weighted by molar-refractivity contribution is 7.89. The molecule has 0 aliphatic heterocycles. The van der Waals surface area contributed by atoms with Crippen LogP contribution in [-0.2, 0) is 21.4 Å². The Morgan fingerprint density at radius 2 is 1.85 bits per heavy atom. The third kappa shape index (κ3) is 5.93. The minimum atomic E-state index is -3.77. The van der Waals surface area contributed by atoms with Crippen molar-refractivity contribution in [3.63, 3.8) is 0 Å². The molecule has 7 heteroatoms. The van der Waals surface area contributed by atoms with Crippen molar-refractivity contribution in [2.45, 2.75) is 44.7 Å². The second-order valence-corrected chi connectivity index (χ2v) is 8.41. The molecule has 0 fully saturated rings. The molecular formula is C19H25N3O3S. The number of pyridine rings is 1. The summed E-state index contributed by atoms with van der Waals surface area (Å²) in [5.74, 6) is -0.192. The van der Waals surface area contributed by atoms with Gasteiger partial charge in [-0.2, -0.15) is 4.72 Å². The number of benzene rings is 1. The minimum absolute atomic E-state index is 0.150. The normalized spacial score (nSPS) is 12.8. The first-order valence-electron chi connectivity index (χ1n) is 8.53. The van der Waals surface area contributed by atoms with Gasteiger partial charge in [0.1, 0.15) is 6.04 Å². The van der Waals surface area contributed by atoms with Crippen LogP contribution in [-0.4, -0.2) is 25.4 Å². The van der Waals surface area contributed by atoms with Crippen molar-refractivity contribution in [1.29, 1.82) is 0 Å². The van der Waals surface area contributed by atoms with E-state index >= 15 is 0 Å². The lowest BCUT2D eigenvalue weighted by Crippen LogP contribution is -2.47. The molecule has 0 bridgehead atoms. The van der Waals surface area contributed by atoms with Crippen LogP contribution in [0.25, 0.3) is 0 Å². The molecule has 2 rings (SSSR count). The number of aryl methyl sites for hydroxylation is 1. The van der Waals surface area contributed by atoms with E-state index < -0.39 is 16.1 Å². The number of carbonyl (C=O) groups is 1. The smallest absolute Gasteiger partial charge is 0.241 e. The number of sulfonamides is 1. The number of aromatic nitrogens is 1. The number of rotatable bonds is 8. The van der Waals surface area contributed by atoms with Gasteiger partial charge in [0.25, 0.3) is 0 Å². The topological polar surface area (TPSA) is 88.2 Å². The van der Waals surface area contributed by atoms with Crippen LogP contribution in [0.5, 0.6) is 0 Å². The van der Waals surface area contributed by atoms with Crippen molar-refractivity contribution < 1.29 is 13.2 Å². The Labute approximate surface area is 155 Å². The second kappa shape index (κ2) is 8.91. The summed E-state index contributed by atoms with van der Waals surface area (Å²) in [5, 5.41) is 2.78. The van der Waals surface area contributed by atoms with Crippen molar-refractivity contribution in [1.82, 2.24) is 15.0 Å². The highest BCUT2D eigenvalue weighted by atomic mass is 32.2. The number of hydrogen-bond donors (Lipinski definition) is 2. The molecule has 2 aromatic rings. The quantitative estimate of drug-likeness (QED) is 0.742. The van der Waals surface area contributed by atoms with Gasteiger partial charge in [0.05, 0.1) is 4.90 Å². The molecule has 0 unspecified atom stereocenters. The molecule has 1 aromatic carbocycles. The van der Waals surface area contributed by atoms with Gasteiger partial charge >= 0.3 is 0 Å². The molecule has 0 spiro atoms. The SMILES string of the molecule is Cc1ccc(S(=O)(=O)N[C@@H](CC(C)C)C(=O)NCc2cccnc2)cc1. The molecule has 0 aliphatic rings. The summed E-state index contributed by atoms with van der Waals surface area (Å²) in [6.07, 6.45) is 3.72. The molecular weight excluding hydrogens is 350 g/mol. The molecule has 1 atom stereocenters. The van der Waals surface area contributed by atoms with Gasteiger partial charge in [-0.25, -0.2) is 8.42 Å². The van der Waals surface area contributed by atoms with Gasteiger partial charge in [-0.05, 0) is 43.0 Å². The third-order valence-corrected chi connectivity index (χ3v) is 5.33. The molecule has 6 nitrogen and oxygen atoms in total. The Hall–Kier alpha value is -2.25. The maximum Gasteiger partial charge on any atom is 0.241 e. The van der Waals surface area contributed by atoms with E-state index in [9.17, 15) is 13.2 Å². The maximum absolute atomic E-state index is 12.6. The van der Waals surface area contributed by atoms with Gasteiger partial charge in [-0.15, -0.1) is 0 Å². The van der Waals surface area contributed by atoms with Crippen LogP contribution < -0.4 is 10.0 Å². The first-order chi connectivity index (χ1) is 12.3. The second-order valence-electron chi connectivity index (χ2n) is 6.70. The molecule has 0 saturated heterocycles. The first kappa shape index (κ1) is 20.1. The molecule has 140 valence electrons. The van der Waals surface area contributed by atoms with Crippen LogP contribution in [0.15, 0.2) is 53.7 Å². The lowest BCUT2D eigenvalue weighted by molar-refractivity contribution is -0.123. The van der Waals surface area contributed by atoms with E-state index in [1.807, 2.05) is 26.8 Å². The Kier molecular flexibility index (Phi) is 6.88. The molecule has 0 radical (unpaired) electrons. The molecule has 1 aromatic heterocycles. The van der Waals surface area contributed by atoms with Crippen LogP contribution in [0.1, 0.15) is 31.4 Å². The summed E-state index contributed by atoms with van der Waals surface area (Å²) in [6, 6.07) is 9.34. The van der Waals surface area contributed by atoms with E-state index in [1.165, 1.54) is 12.1 Å². The fourth-order valence-corrected chi connectivity index (χ4v) is 3.68. The average molecular weight is 375 g/mol. The van der Waals surface area contributed by atoms with Crippen LogP contribution in [0.2, 0.25) is 0 Å². The van der Waals surface area contributed by atoms with E-state index in [-0.39, 0.29) is 16.7 Å². The summed E-state index contributed by atoms with van der Waals surface area (Å²) in [5.41, 5.74) is 1.82. The lowest BCUT2D eigenvalue weighted by atomic mass is 10.0. The van der Waals surface area contributed by atoms with Crippen LogP contribution in [0.4, 0.5) is 0 Å². The zero-order chi connectivity index (χ0) is 19.2. The summed E-state index contributed by atoms with van der Waals surface area (Å²) >= 11 is 0. The van der Waals surface area contributed by atoms with Gasteiger partial charge < -0.3 is 5.32 Å². The lowest BCUT2D eigenvalue weighted by Gasteiger charge is -2.20. The molecule has 0 saturated carbocycles. The summed E-state index contributed by atoms with van der Waals surface area (Å²) < 4.78 is 27.8. The van der Waals surface area contributed by atoms with Gasteiger partial charge in [0.2, 0.25) is 15.9 Å². The fourth-order valence-electron chi connectivity index (χ4n) is 2.47. The Morgan fingerprint density at radius 1 is 1.15 bits per heavy atom. The van der Waals surface area contributed by atoms with Gasteiger partial charge in [0.15, 0.2) is 0 Å². The number of nitrogens with zero attached hydrogens (tertiary/aromatic N) is 1. The fraction of sp³-hybridized carbons (Fsp3) is 0.368. The molecule has 1 heterocycles. The number of carbonyl (C=O) groups excluding carboxylic acids is 1. The van der Waals surface area contributed by atoms with Crippen molar-refractivity contribution in [2.75, 3.05) is 0 Å². The first-order valence-corrected chi connectivity index (χ1v) is 10.0. The molecule has 2 N–H and O–H groups in total. The third-order valence-electron chi connectivity index (χ3n) is 3.84. The summed E-state index contributed by atoms with van der Waals surface area (Å²) in [4.78, 5) is 16.7. The standard InChI is InChI=1S/C19H25N3O3S/c1-14(2)11-18(19(23)21-13-16-5-4-10-20-12-16)22-26(24,25)17-8-6-15(3)7-9-17/h4-10,12,14,18,22H,11,13H2,1-3H3,(H,21,23)/t18-/m0/s1. The number of hydrogen-bond acceptors (Lipinski definition) is 4. The monoisotopic (exact) mass is 375 g/mol. The molecule has 1 amide bonds. The number of nitrogens with one attached hydrogen (secondary N) is 2. The average Bonchev–Trinajstić information content (AvgIpc) is 2.60. The van der Waals surface area contributed by atoms with E-state index in [0.717, 1.165) is 11.1 Å². The van der Waals surface area contributed by atoms with Crippen LogP contribution in [0.3, 0.4) is 0 Å². The van der Waals surface area contributed by atoms with Gasteiger partial charge in [0, 0.05) is 18.9 Å². The summed E-state index contributed by atoms with van der Waals surface area (Å²) in [6.45, 7) is 6.08. The zero-order valence-electron chi connectivity index (χ0n) is 15.3. The Balaban J connectivity index is 2.10. The summed E-state index contributed by atoms with van der Waals surface area (Å²) in [7, 11) is -3.77. The van der Waals surface area contributed by atoms with Crippen LogP contribution in [0, 0.1) is 12.8 Å². The zero-order valence-corrected chi connectivity index (χ0v) is 16.1. The van der Waals surface area contributed by atoms with E-state index in [4.69, 9.17) is 0 Å². The van der Waals surface area contributed by atoms with Crippen molar-refractivity contribution in [3.05, 3.63) is 59.9 Å². The predicted molar refractivity (Wildman–Crippen MR) is 101 cm³/mol. The van der Waals surface area contributed by atoms with E-state index in [2.05, 4.69) is 15.0 Å². The van der Waals surface area contributed by atoms with Crippen LogP contribution >= 0.6 is 0 Å². The van der Waals surface area contributed by atoms with E-state index in [1.54, 1.807) is 30.6 Å². The predicted octanol–water partition coefficient (Wildman–Crippen LogP) is 2.40. The van der Waals surface area contributed by atoms with Crippen molar-refractivity contribution in [2.24, 2.45) is 5.92 Å². The van der Waals surface area contributed by atoms with Crippen molar-refractivity contribution in [3.8, 4) is 0 Å². The van der Waals surface area contributed by atoms with Crippen molar-refractivity contribution >= 4 is 15.9 Å². The van der Waals surface area contributed by atoms with E-state index in [0.29, 0.717) is 13.0 Å². The maximum atomic E-state index is 12.6. The highest BCUT2D eigenvalue weighted by Crippen LogP contribution is 2.13. The minimum Gasteiger partial charge on any atom is -0.351 e. The van der Waals surface area contributed by atoms with Gasteiger partial charge in [-0.3, -0.25) is 9.78 Å². The Morgan fingerprint density at radius 3 is 2.42 bits per heavy atom. The largest absolute Gasteiger partial charge is 0.351 e. The Bertz CT molecular complexity index is 819. The molecule has 0 aliphatic carbocycles. The highest BCUT2D eigenvalue weighted by Gasteiger charge is 2.26. The molecule has 26 heavy (non-hydrogen) atoms. The van der Waals surface area contributed by atoms with Gasteiger partial charge in [-0.1, -0.05) is 37.6 Å². The number of amides is 1.